The molecular weight excluding hydrogens is 378 g/mol. The van der Waals surface area contributed by atoms with Gasteiger partial charge < -0.3 is 19.6 Å². The molecule has 1 amide bonds. The lowest BCUT2D eigenvalue weighted by molar-refractivity contribution is -0.907. The molecule has 1 atom stereocenters. The zero-order valence-corrected chi connectivity index (χ0v) is 16.2. The van der Waals surface area contributed by atoms with Crippen molar-refractivity contribution in [1.82, 2.24) is 9.88 Å². The molecule has 4 heterocycles. The van der Waals surface area contributed by atoms with Crippen LogP contribution in [0.25, 0.3) is 0 Å². The van der Waals surface area contributed by atoms with Gasteiger partial charge in [0, 0.05) is 12.4 Å². The Bertz CT molecular complexity index is 876. The molecule has 2 aliphatic rings. The fourth-order valence-corrected chi connectivity index (χ4v) is 4.42. The number of rotatable bonds is 6. The van der Waals surface area contributed by atoms with Crippen molar-refractivity contribution in [3.8, 4) is 0 Å². The molecule has 0 aliphatic carbocycles. The number of Topliss-reactive ketones (excluding diaryl/α,β-unsaturated/α-hetero) is 1. The molecule has 0 unspecified atom stereocenters. The van der Waals surface area contributed by atoms with Gasteiger partial charge in [-0.2, -0.15) is 0 Å². The molecule has 0 spiro atoms. The van der Waals surface area contributed by atoms with Crippen LogP contribution in [0, 0.1) is 0 Å². The Kier molecular flexibility index (Phi) is 5.52. The summed E-state index contributed by atoms with van der Waals surface area (Å²) in [5.74, 6) is -1.24. The Labute approximate surface area is 166 Å². The molecule has 4 rings (SSSR count). The number of hydrogen-bond acceptors (Lipinski definition) is 6. The topological polar surface area (TPSA) is 84.2 Å². The summed E-state index contributed by atoms with van der Waals surface area (Å²) in [6.07, 6.45) is 3.27. The number of quaternary nitrogens is 1. The molecule has 2 N–H and O–H groups in total. The van der Waals surface area contributed by atoms with Gasteiger partial charge in [-0.1, -0.05) is 6.07 Å². The Morgan fingerprint density at radius 1 is 1.29 bits per heavy atom. The van der Waals surface area contributed by atoms with Crippen LogP contribution in [0.1, 0.15) is 21.3 Å². The standard InChI is InChI=1S/C20H21N3O4S/c24-18(15-2-1-13-28-15)16-17(14-3-5-21-6-4-14)23(20(26)19(16)25)8-7-22-9-11-27-12-10-22/h1-6,13,17,25H,7-12H2/p+1/t17-/m1/s1. The molecule has 0 bridgehead atoms. The number of aromatic nitrogens is 1. The fourth-order valence-electron chi connectivity index (χ4n) is 3.74. The van der Waals surface area contributed by atoms with Crippen LogP contribution in [0.2, 0.25) is 0 Å². The zero-order chi connectivity index (χ0) is 19.5. The maximum atomic E-state index is 13.1. The van der Waals surface area contributed by atoms with Crippen LogP contribution in [-0.4, -0.2) is 66.1 Å². The zero-order valence-electron chi connectivity index (χ0n) is 15.3. The third kappa shape index (κ3) is 3.58. The lowest BCUT2D eigenvalue weighted by Gasteiger charge is -2.29. The first-order valence-electron chi connectivity index (χ1n) is 9.30. The highest BCUT2D eigenvalue weighted by Gasteiger charge is 2.44. The van der Waals surface area contributed by atoms with Crippen LogP contribution >= 0.6 is 11.3 Å². The number of pyridine rings is 1. The van der Waals surface area contributed by atoms with E-state index in [0.717, 1.165) is 25.2 Å². The first-order chi connectivity index (χ1) is 13.7. The molecule has 28 heavy (non-hydrogen) atoms. The summed E-state index contributed by atoms with van der Waals surface area (Å²) in [7, 11) is 0. The van der Waals surface area contributed by atoms with Gasteiger partial charge in [-0.25, -0.2) is 0 Å². The minimum Gasteiger partial charge on any atom is -0.503 e. The van der Waals surface area contributed by atoms with E-state index in [1.165, 1.54) is 16.2 Å². The third-order valence-corrected chi connectivity index (χ3v) is 6.09. The second-order valence-corrected chi connectivity index (χ2v) is 7.81. The second kappa shape index (κ2) is 8.22. The fraction of sp³-hybridized carbons (Fsp3) is 0.350. The summed E-state index contributed by atoms with van der Waals surface area (Å²) in [6.45, 7) is 4.40. The SMILES string of the molecule is O=C(C1=C(O)C(=O)N(CC[NH+]2CCOCC2)[C@@H]1c1ccncc1)c1cccs1. The lowest BCUT2D eigenvalue weighted by atomic mass is 9.96. The van der Waals surface area contributed by atoms with E-state index in [1.54, 1.807) is 41.6 Å². The van der Waals surface area contributed by atoms with Crippen molar-refractivity contribution in [2.45, 2.75) is 6.04 Å². The summed E-state index contributed by atoms with van der Waals surface area (Å²) in [6, 6.07) is 6.46. The Morgan fingerprint density at radius 3 is 2.71 bits per heavy atom. The molecule has 1 saturated heterocycles. The van der Waals surface area contributed by atoms with Crippen molar-refractivity contribution in [2.75, 3.05) is 39.4 Å². The van der Waals surface area contributed by atoms with Crippen LogP contribution in [0.4, 0.5) is 0 Å². The van der Waals surface area contributed by atoms with E-state index in [4.69, 9.17) is 4.74 Å². The van der Waals surface area contributed by atoms with Crippen LogP contribution in [0.5, 0.6) is 0 Å². The maximum absolute atomic E-state index is 13.1. The second-order valence-electron chi connectivity index (χ2n) is 6.86. The number of amides is 1. The van der Waals surface area contributed by atoms with Gasteiger partial charge in [0.05, 0.1) is 42.8 Å². The van der Waals surface area contributed by atoms with Crippen molar-refractivity contribution < 1.29 is 24.3 Å². The van der Waals surface area contributed by atoms with Gasteiger partial charge in [-0.05, 0) is 29.1 Å². The quantitative estimate of drug-likeness (QED) is 0.695. The highest BCUT2D eigenvalue weighted by Crippen LogP contribution is 2.38. The minimum atomic E-state index is -0.606. The molecule has 1 fully saturated rings. The average Bonchev–Trinajstić information content (AvgIpc) is 3.36. The van der Waals surface area contributed by atoms with E-state index < -0.39 is 17.7 Å². The highest BCUT2D eigenvalue weighted by molar-refractivity contribution is 7.12. The third-order valence-electron chi connectivity index (χ3n) is 5.22. The van der Waals surface area contributed by atoms with Gasteiger partial charge in [0.15, 0.2) is 5.76 Å². The largest absolute Gasteiger partial charge is 0.503 e. The number of nitrogens with one attached hydrogen (secondary N) is 1. The van der Waals surface area contributed by atoms with Crippen molar-refractivity contribution in [3.05, 3.63) is 63.8 Å². The number of nitrogens with zero attached hydrogens (tertiary/aromatic N) is 2. The van der Waals surface area contributed by atoms with E-state index >= 15 is 0 Å². The summed E-state index contributed by atoms with van der Waals surface area (Å²) in [5.41, 5.74) is 0.917. The van der Waals surface area contributed by atoms with Gasteiger partial charge >= 0.3 is 0 Å². The molecule has 2 aliphatic heterocycles. The number of hydrogen-bond donors (Lipinski definition) is 2. The van der Waals surface area contributed by atoms with Crippen LogP contribution < -0.4 is 4.90 Å². The van der Waals surface area contributed by atoms with E-state index in [1.807, 2.05) is 5.38 Å². The predicted octanol–water partition coefficient (Wildman–Crippen LogP) is 0.637. The summed E-state index contributed by atoms with van der Waals surface area (Å²) in [4.78, 5) is 33.4. The Hall–Kier alpha value is -2.55. The molecule has 0 radical (unpaired) electrons. The normalized spacial score (nSPS) is 20.8. The summed E-state index contributed by atoms with van der Waals surface area (Å²) in [5, 5.41) is 12.4. The molecule has 146 valence electrons. The molecule has 0 saturated carbocycles. The minimum absolute atomic E-state index is 0.149. The number of carbonyl (C=O) groups excluding carboxylic acids is 2. The number of carbonyl (C=O) groups is 2. The maximum Gasteiger partial charge on any atom is 0.290 e. The smallest absolute Gasteiger partial charge is 0.290 e. The summed E-state index contributed by atoms with van der Waals surface area (Å²) >= 11 is 1.30. The molecule has 8 heteroatoms. The van der Waals surface area contributed by atoms with Crippen molar-refractivity contribution in [1.29, 1.82) is 0 Å². The van der Waals surface area contributed by atoms with Gasteiger partial charge in [-0.3, -0.25) is 14.6 Å². The first-order valence-corrected chi connectivity index (χ1v) is 10.2. The van der Waals surface area contributed by atoms with Gasteiger partial charge in [0.25, 0.3) is 5.91 Å². The summed E-state index contributed by atoms with van der Waals surface area (Å²) < 4.78 is 5.39. The van der Waals surface area contributed by atoms with Crippen LogP contribution in [0.3, 0.4) is 0 Å². The van der Waals surface area contributed by atoms with Gasteiger partial charge in [0.1, 0.15) is 13.1 Å². The van der Waals surface area contributed by atoms with Crippen molar-refractivity contribution in [2.24, 2.45) is 0 Å². The van der Waals surface area contributed by atoms with E-state index in [0.29, 0.717) is 24.6 Å². The number of thiophene rings is 1. The highest BCUT2D eigenvalue weighted by atomic mass is 32.1. The molecule has 2 aromatic rings. The molecular formula is C20H22N3O4S+. The Morgan fingerprint density at radius 2 is 2.04 bits per heavy atom. The first kappa shape index (κ1) is 18.8. The number of ether oxygens (including phenoxy) is 1. The van der Waals surface area contributed by atoms with Crippen molar-refractivity contribution in [3.63, 3.8) is 0 Å². The number of ketones is 1. The van der Waals surface area contributed by atoms with Crippen molar-refractivity contribution >= 4 is 23.0 Å². The molecule has 0 aromatic carbocycles. The molecule has 7 nitrogen and oxygen atoms in total. The average molecular weight is 400 g/mol. The number of aliphatic hydroxyl groups excluding tert-OH is 1. The lowest BCUT2D eigenvalue weighted by Crippen LogP contribution is -3.14. The van der Waals surface area contributed by atoms with E-state index in [-0.39, 0.29) is 11.4 Å². The Balaban J connectivity index is 1.64. The predicted molar refractivity (Wildman–Crippen MR) is 103 cm³/mol. The molecule has 2 aromatic heterocycles. The van der Waals surface area contributed by atoms with Gasteiger partial charge in [-0.15, -0.1) is 11.3 Å². The number of aliphatic hydroxyl groups is 1. The van der Waals surface area contributed by atoms with E-state index in [9.17, 15) is 14.7 Å². The number of morpholine rings is 1. The monoisotopic (exact) mass is 400 g/mol. The van der Waals surface area contributed by atoms with E-state index in [2.05, 4.69) is 4.98 Å². The van der Waals surface area contributed by atoms with Crippen LogP contribution in [0.15, 0.2) is 53.4 Å². The van der Waals surface area contributed by atoms with Crippen LogP contribution in [-0.2, 0) is 9.53 Å². The van der Waals surface area contributed by atoms with Gasteiger partial charge in [0.2, 0.25) is 5.78 Å².